The van der Waals surface area contributed by atoms with Gasteiger partial charge < -0.3 is 5.73 Å². The highest BCUT2D eigenvalue weighted by molar-refractivity contribution is 7.14. The number of carbonyl (C=O) groups excluding carboxylic acids is 1. The fourth-order valence-electron chi connectivity index (χ4n) is 1.47. The minimum absolute atomic E-state index is 0.0499. The molecule has 4 nitrogen and oxygen atoms in total. The molecule has 5 heteroatoms. The van der Waals surface area contributed by atoms with Crippen molar-refractivity contribution in [1.29, 1.82) is 0 Å². The lowest BCUT2D eigenvalue weighted by molar-refractivity contribution is 0.0965. The Labute approximate surface area is 97.7 Å². The normalized spacial score (nSPS) is 12.7. The van der Waals surface area contributed by atoms with Gasteiger partial charge in [0.05, 0.1) is 17.1 Å². The van der Waals surface area contributed by atoms with Gasteiger partial charge in [-0.1, -0.05) is 0 Å². The van der Waals surface area contributed by atoms with Gasteiger partial charge in [0.1, 0.15) is 0 Å². The summed E-state index contributed by atoms with van der Waals surface area (Å²) in [7, 11) is 1.80. The van der Waals surface area contributed by atoms with E-state index in [9.17, 15) is 4.79 Å². The Morgan fingerprint density at radius 2 is 2.31 bits per heavy atom. The van der Waals surface area contributed by atoms with Crippen LogP contribution < -0.4 is 5.73 Å². The van der Waals surface area contributed by atoms with Gasteiger partial charge in [0, 0.05) is 23.7 Å². The molecule has 84 valence electrons. The first kappa shape index (κ1) is 11.0. The monoisotopic (exact) mass is 235 g/mol. The highest BCUT2D eigenvalue weighted by Gasteiger charge is 2.20. The summed E-state index contributed by atoms with van der Waals surface area (Å²) in [5.74, 6) is -0.0499. The minimum atomic E-state index is -0.619. The van der Waals surface area contributed by atoms with Crippen molar-refractivity contribution in [2.24, 2.45) is 12.8 Å². The first-order chi connectivity index (χ1) is 7.58. The van der Waals surface area contributed by atoms with Gasteiger partial charge in [0.2, 0.25) is 0 Å². The summed E-state index contributed by atoms with van der Waals surface area (Å²) in [5.41, 5.74) is 6.65. The smallest absolute Gasteiger partial charge is 0.194 e. The summed E-state index contributed by atoms with van der Waals surface area (Å²) in [6, 6.07) is 3.12. The van der Waals surface area contributed by atoms with Crippen molar-refractivity contribution in [3.05, 3.63) is 39.8 Å². The van der Waals surface area contributed by atoms with Crippen molar-refractivity contribution < 1.29 is 4.79 Å². The molecule has 0 fully saturated rings. The largest absolute Gasteiger partial charge is 0.317 e. The van der Waals surface area contributed by atoms with Crippen LogP contribution in [0.4, 0.5) is 0 Å². The van der Waals surface area contributed by atoms with E-state index in [0.29, 0.717) is 4.88 Å². The molecule has 2 rings (SSSR count). The fraction of sp³-hybridized carbons (Fsp3) is 0.273. The number of aromatic nitrogens is 2. The lowest BCUT2D eigenvalue weighted by Gasteiger charge is -2.05. The van der Waals surface area contributed by atoms with Crippen LogP contribution >= 0.6 is 11.3 Å². The maximum Gasteiger partial charge on any atom is 0.194 e. The molecule has 0 saturated heterocycles. The number of hydrogen-bond acceptors (Lipinski definition) is 4. The molecule has 1 atom stereocenters. The van der Waals surface area contributed by atoms with E-state index in [1.165, 1.54) is 11.3 Å². The molecule has 2 N–H and O–H groups in total. The van der Waals surface area contributed by atoms with Crippen LogP contribution in [0.1, 0.15) is 26.2 Å². The van der Waals surface area contributed by atoms with Gasteiger partial charge in [0.25, 0.3) is 0 Å². The second kappa shape index (κ2) is 4.19. The number of aryl methyl sites for hydroxylation is 2. The molecule has 0 aliphatic carbocycles. The van der Waals surface area contributed by atoms with E-state index >= 15 is 0 Å². The van der Waals surface area contributed by atoms with E-state index in [-0.39, 0.29) is 5.78 Å². The number of nitrogens with zero attached hydrogens (tertiary/aromatic N) is 2. The molecule has 2 aromatic rings. The average Bonchev–Trinajstić information content (AvgIpc) is 2.85. The summed E-state index contributed by atoms with van der Waals surface area (Å²) >= 11 is 1.47. The van der Waals surface area contributed by atoms with Crippen LogP contribution in [0.5, 0.6) is 0 Å². The molecule has 0 aliphatic rings. The zero-order valence-electron chi connectivity index (χ0n) is 9.18. The second-order valence-electron chi connectivity index (χ2n) is 3.70. The van der Waals surface area contributed by atoms with E-state index in [2.05, 4.69) is 5.10 Å². The highest BCUT2D eigenvalue weighted by Crippen LogP contribution is 2.21. The van der Waals surface area contributed by atoms with Crippen molar-refractivity contribution >= 4 is 17.1 Å². The zero-order valence-corrected chi connectivity index (χ0v) is 9.99. The molecule has 0 amide bonds. The van der Waals surface area contributed by atoms with Crippen molar-refractivity contribution in [3.8, 4) is 0 Å². The molecule has 1 unspecified atom stereocenters. The Hall–Kier alpha value is -1.46. The predicted molar refractivity (Wildman–Crippen MR) is 63.5 cm³/mol. The zero-order chi connectivity index (χ0) is 11.7. The van der Waals surface area contributed by atoms with Crippen molar-refractivity contribution in [2.45, 2.75) is 13.0 Å². The molecule has 2 aromatic heterocycles. The topological polar surface area (TPSA) is 60.9 Å². The van der Waals surface area contributed by atoms with Crippen LogP contribution in [0, 0.1) is 6.92 Å². The van der Waals surface area contributed by atoms with Gasteiger partial charge in [-0.15, -0.1) is 11.3 Å². The van der Waals surface area contributed by atoms with Crippen molar-refractivity contribution in [1.82, 2.24) is 9.78 Å². The Balaban J connectivity index is 2.22. The van der Waals surface area contributed by atoms with E-state index in [4.69, 9.17) is 5.73 Å². The molecule has 0 radical (unpaired) electrons. The third-order valence-electron chi connectivity index (χ3n) is 2.35. The Morgan fingerprint density at radius 3 is 2.81 bits per heavy atom. The molecule has 16 heavy (non-hydrogen) atoms. The van der Waals surface area contributed by atoms with Gasteiger partial charge in [-0.3, -0.25) is 9.48 Å². The predicted octanol–water partition coefficient (Wildman–Crippen LogP) is 1.67. The quantitative estimate of drug-likeness (QED) is 0.823. The number of rotatable bonds is 3. The first-order valence-electron chi connectivity index (χ1n) is 4.92. The van der Waals surface area contributed by atoms with Crippen LogP contribution in [-0.4, -0.2) is 15.6 Å². The van der Waals surface area contributed by atoms with E-state index < -0.39 is 6.04 Å². The third-order valence-corrected chi connectivity index (χ3v) is 3.36. The molecular weight excluding hydrogens is 222 g/mol. The number of thiophene rings is 1. The van der Waals surface area contributed by atoms with Gasteiger partial charge in [-0.2, -0.15) is 5.10 Å². The van der Waals surface area contributed by atoms with Crippen LogP contribution in [0.25, 0.3) is 0 Å². The molecule has 2 heterocycles. The number of nitrogens with two attached hydrogens (primary N) is 1. The Kier molecular flexibility index (Phi) is 2.89. The minimum Gasteiger partial charge on any atom is -0.317 e. The summed E-state index contributed by atoms with van der Waals surface area (Å²) in [4.78, 5) is 13.8. The number of ketones is 1. The maximum atomic E-state index is 12.0. The second-order valence-corrected chi connectivity index (χ2v) is 4.99. The number of hydrogen-bond donors (Lipinski definition) is 1. The number of Topliss-reactive ketones (excluding diaryl/α,β-unsaturated/α-hetero) is 1. The lowest BCUT2D eigenvalue weighted by Crippen LogP contribution is -2.20. The van der Waals surface area contributed by atoms with Crippen molar-refractivity contribution in [3.63, 3.8) is 0 Å². The molecule has 0 aromatic carbocycles. The summed E-state index contributed by atoms with van der Waals surface area (Å²) < 4.78 is 1.64. The summed E-state index contributed by atoms with van der Waals surface area (Å²) in [6.07, 6.45) is 3.39. The Morgan fingerprint density at radius 1 is 1.56 bits per heavy atom. The molecule has 0 aliphatic heterocycles. The van der Waals surface area contributed by atoms with Crippen LogP contribution in [0.2, 0.25) is 0 Å². The maximum absolute atomic E-state index is 12.0. The summed E-state index contributed by atoms with van der Waals surface area (Å²) in [5, 5.41) is 4.01. The molecule has 0 bridgehead atoms. The van der Waals surface area contributed by atoms with E-state index in [0.717, 1.165) is 10.4 Å². The molecular formula is C11H13N3OS. The lowest BCUT2D eigenvalue weighted by atomic mass is 10.1. The van der Waals surface area contributed by atoms with Crippen molar-refractivity contribution in [2.75, 3.05) is 0 Å². The van der Waals surface area contributed by atoms with E-state index in [1.54, 1.807) is 24.1 Å². The third kappa shape index (κ3) is 2.05. The fourth-order valence-corrected chi connectivity index (χ4v) is 2.32. The molecule has 0 spiro atoms. The standard InChI is InChI=1S/C11H13N3OS/c1-7-3-4-9(16-7)11(15)10(12)8-5-13-14(2)6-8/h3-6,10H,12H2,1-2H3. The van der Waals surface area contributed by atoms with Gasteiger partial charge in [0.15, 0.2) is 5.78 Å². The SMILES string of the molecule is Cc1ccc(C(=O)C(N)c2cnn(C)c2)s1. The van der Waals surface area contributed by atoms with Crippen LogP contribution in [-0.2, 0) is 7.05 Å². The average molecular weight is 235 g/mol. The Bertz CT molecular complexity index is 515. The van der Waals surface area contributed by atoms with Crippen LogP contribution in [0.3, 0.4) is 0 Å². The number of carbonyl (C=O) groups is 1. The summed E-state index contributed by atoms with van der Waals surface area (Å²) in [6.45, 7) is 1.97. The van der Waals surface area contributed by atoms with Gasteiger partial charge >= 0.3 is 0 Å². The first-order valence-corrected chi connectivity index (χ1v) is 5.74. The van der Waals surface area contributed by atoms with Crippen LogP contribution in [0.15, 0.2) is 24.5 Å². The highest BCUT2D eigenvalue weighted by atomic mass is 32.1. The van der Waals surface area contributed by atoms with E-state index in [1.807, 2.05) is 19.1 Å². The van der Waals surface area contributed by atoms with Gasteiger partial charge in [-0.25, -0.2) is 0 Å². The van der Waals surface area contributed by atoms with Gasteiger partial charge in [-0.05, 0) is 19.1 Å². The molecule has 0 saturated carbocycles.